The van der Waals surface area contributed by atoms with Crippen molar-refractivity contribution in [2.45, 2.75) is 37.7 Å². The molecule has 4 nitrogen and oxygen atoms in total. The van der Waals surface area contributed by atoms with Crippen LogP contribution in [0.1, 0.15) is 36.8 Å². The standard InChI is InChI=1S/C14H21N3OS/c1-4-12-5-11(6-13(15)16-12)14(18)17-7-9(2)19-10(3)8-17/h5-6,9-10H,4,7-8H2,1-3H3,(H2,15,16). The number of pyridine rings is 1. The van der Waals surface area contributed by atoms with Gasteiger partial charge < -0.3 is 10.6 Å². The third kappa shape index (κ3) is 3.41. The maximum Gasteiger partial charge on any atom is 0.254 e. The van der Waals surface area contributed by atoms with Crippen LogP contribution >= 0.6 is 11.8 Å². The number of aryl methyl sites for hydroxylation is 1. The fourth-order valence-electron chi connectivity index (χ4n) is 2.44. The Morgan fingerprint density at radius 3 is 2.63 bits per heavy atom. The fourth-order valence-corrected chi connectivity index (χ4v) is 3.77. The van der Waals surface area contributed by atoms with Crippen molar-refractivity contribution in [3.05, 3.63) is 23.4 Å². The normalized spacial score (nSPS) is 23.4. The van der Waals surface area contributed by atoms with Gasteiger partial charge >= 0.3 is 0 Å². The minimum atomic E-state index is 0.0720. The molecule has 0 aliphatic carbocycles. The molecule has 2 heterocycles. The van der Waals surface area contributed by atoms with E-state index in [2.05, 4.69) is 18.8 Å². The summed E-state index contributed by atoms with van der Waals surface area (Å²) in [5.41, 5.74) is 7.30. The molecular weight excluding hydrogens is 258 g/mol. The maximum atomic E-state index is 12.5. The van der Waals surface area contributed by atoms with E-state index in [1.807, 2.05) is 29.7 Å². The zero-order valence-electron chi connectivity index (χ0n) is 11.7. The predicted molar refractivity (Wildman–Crippen MR) is 80.4 cm³/mol. The van der Waals surface area contributed by atoms with E-state index in [4.69, 9.17) is 5.73 Å². The lowest BCUT2D eigenvalue weighted by Crippen LogP contribution is -2.44. The van der Waals surface area contributed by atoms with Crippen LogP contribution in [0.4, 0.5) is 5.82 Å². The van der Waals surface area contributed by atoms with Crippen LogP contribution in [0.3, 0.4) is 0 Å². The number of carbonyl (C=O) groups excluding carboxylic acids is 1. The van der Waals surface area contributed by atoms with Crippen LogP contribution in [0.2, 0.25) is 0 Å². The number of anilines is 1. The minimum absolute atomic E-state index is 0.0720. The smallest absolute Gasteiger partial charge is 0.254 e. The number of nitrogens with two attached hydrogens (primary N) is 1. The molecule has 1 aromatic heterocycles. The number of aromatic nitrogens is 1. The van der Waals surface area contributed by atoms with Crippen LogP contribution < -0.4 is 5.73 Å². The Morgan fingerprint density at radius 1 is 1.42 bits per heavy atom. The molecule has 0 radical (unpaired) electrons. The highest BCUT2D eigenvalue weighted by Gasteiger charge is 2.26. The van der Waals surface area contributed by atoms with Crippen LogP contribution in [0.25, 0.3) is 0 Å². The number of hydrogen-bond donors (Lipinski definition) is 1. The first kappa shape index (κ1) is 14.2. The van der Waals surface area contributed by atoms with E-state index in [1.165, 1.54) is 0 Å². The van der Waals surface area contributed by atoms with Crippen LogP contribution in [-0.2, 0) is 6.42 Å². The van der Waals surface area contributed by atoms with Gasteiger partial charge in [-0.2, -0.15) is 11.8 Å². The second-order valence-electron chi connectivity index (χ2n) is 5.09. The van der Waals surface area contributed by atoms with Crippen LogP contribution in [0.5, 0.6) is 0 Å². The second kappa shape index (κ2) is 5.82. The van der Waals surface area contributed by atoms with Gasteiger partial charge in [0.25, 0.3) is 5.91 Å². The summed E-state index contributed by atoms with van der Waals surface area (Å²) in [6.45, 7) is 7.95. The molecule has 104 valence electrons. The van der Waals surface area contributed by atoms with E-state index in [0.29, 0.717) is 21.9 Å². The Bertz CT molecular complexity index is 468. The first-order valence-corrected chi connectivity index (χ1v) is 7.65. The highest BCUT2D eigenvalue weighted by Crippen LogP contribution is 2.26. The van der Waals surface area contributed by atoms with Gasteiger partial charge in [0.2, 0.25) is 0 Å². The predicted octanol–water partition coefficient (Wildman–Crippen LogP) is 2.19. The van der Waals surface area contributed by atoms with Crippen molar-refractivity contribution in [3.8, 4) is 0 Å². The van der Waals surface area contributed by atoms with Crippen molar-refractivity contribution in [3.63, 3.8) is 0 Å². The molecular formula is C14H21N3OS. The van der Waals surface area contributed by atoms with Gasteiger partial charge in [0.15, 0.2) is 0 Å². The molecule has 0 saturated carbocycles. The van der Waals surface area contributed by atoms with E-state index in [9.17, 15) is 4.79 Å². The molecule has 2 N–H and O–H groups in total. The summed E-state index contributed by atoms with van der Waals surface area (Å²) in [7, 11) is 0. The zero-order valence-corrected chi connectivity index (χ0v) is 12.5. The SMILES string of the molecule is CCc1cc(C(=O)N2CC(C)SC(C)C2)cc(N)n1. The fraction of sp³-hybridized carbons (Fsp3) is 0.571. The van der Waals surface area contributed by atoms with Crippen molar-refractivity contribution in [2.24, 2.45) is 0 Å². The number of carbonyl (C=O) groups is 1. The summed E-state index contributed by atoms with van der Waals surface area (Å²) < 4.78 is 0. The molecule has 1 aliphatic heterocycles. The number of amides is 1. The van der Waals surface area contributed by atoms with E-state index in [1.54, 1.807) is 6.07 Å². The average molecular weight is 279 g/mol. The van der Waals surface area contributed by atoms with E-state index in [-0.39, 0.29) is 5.91 Å². The van der Waals surface area contributed by atoms with E-state index < -0.39 is 0 Å². The monoisotopic (exact) mass is 279 g/mol. The molecule has 2 atom stereocenters. The first-order valence-electron chi connectivity index (χ1n) is 6.70. The van der Waals surface area contributed by atoms with Crippen molar-refractivity contribution in [2.75, 3.05) is 18.8 Å². The van der Waals surface area contributed by atoms with E-state index >= 15 is 0 Å². The van der Waals surface area contributed by atoms with Gasteiger partial charge in [-0.1, -0.05) is 20.8 Å². The second-order valence-corrected chi connectivity index (χ2v) is 6.97. The molecule has 1 amide bonds. The van der Waals surface area contributed by atoms with Crippen molar-refractivity contribution < 1.29 is 4.79 Å². The Balaban J connectivity index is 2.21. The average Bonchev–Trinajstić information content (AvgIpc) is 2.35. The Morgan fingerprint density at radius 2 is 2.05 bits per heavy atom. The molecule has 2 rings (SSSR count). The summed E-state index contributed by atoms with van der Waals surface area (Å²) in [6, 6.07) is 3.54. The molecule has 5 heteroatoms. The first-order chi connectivity index (χ1) is 8.99. The zero-order chi connectivity index (χ0) is 14.0. The quantitative estimate of drug-likeness (QED) is 0.901. The number of nitrogens with zero attached hydrogens (tertiary/aromatic N) is 2. The van der Waals surface area contributed by atoms with Gasteiger partial charge in [-0.25, -0.2) is 4.98 Å². The summed E-state index contributed by atoms with van der Waals surface area (Å²) >= 11 is 1.94. The van der Waals surface area contributed by atoms with Crippen LogP contribution in [-0.4, -0.2) is 39.4 Å². The molecule has 19 heavy (non-hydrogen) atoms. The minimum Gasteiger partial charge on any atom is -0.384 e. The number of thioether (sulfide) groups is 1. The van der Waals surface area contributed by atoms with E-state index in [0.717, 1.165) is 25.2 Å². The highest BCUT2D eigenvalue weighted by atomic mass is 32.2. The van der Waals surface area contributed by atoms with Crippen molar-refractivity contribution >= 4 is 23.5 Å². The molecule has 1 aliphatic rings. The number of nitrogen functional groups attached to an aromatic ring is 1. The lowest BCUT2D eigenvalue weighted by atomic mass is 10.1. The van der Waals surface area contributed by atoms with Crippen molar-refractivity contribution in [1.82, 2.24) is 9.88 Å². The third-order valence-corrected chi connectivity index (χ3v) is 4.44. The van der Waals surface area contributed by atoms with Crippen molar-refractivity contribution in [1.29, 1.82) is 0 Å². The summed E-state index contributed by atoms with van der Waals surface area (Å²) in [6.07, 6.45) is 0.786. The van der Waals surface area contributed by atoms with Gasteiger partial charge in [-0.3, -0.25) is 4.79 Å². The lowest BCUT2D eigenvalue weighted by Gasteiger charge is -2.34. The van der Waals surface area contributed by atoms with Crippen LogP contribution in [0, 0.1) is 0 Å². The third-order valence-electron chi connectivity index (χ3n) is 3.21. The molecule has 0 bridgehead atoms. The molecule has 1 fully saturated rings. The summed E-state index contributed by atoms with van der Waals surface area (Å²) in [4.78, 5) is 18.7. The molecule has 0 spiro atoms. The summed E-state index contributed by atoms with van der Waals surface area (Å²) in [5.74, 6) is 0.498. The largest absolute Gasteiger partial charge is 0.384 e. The van der Waals surface area contributed by atoms with Gasteiger partial charge in [-0.15, -0.1) is 0 Å². The molecule has 0 aromatic carbocycles. The Kier molecular flexibility index (Phi) is 4.34. The molecule has 1 saturated heterocycles. The van der Waals surface area contributed by atoms with Gasteiger partial charge in [-0.05, 0) is 18.6 Å². The lowest BCUT2D eigenvalue weighted by molar-refractivity contribution is 0.0753. The number of rotatable bonds is 2. The Hall–Kier alpha value is -1.23. The highest BCUT2D eigenvalue weighted by molar-refractivity contribution is 8.00. The topological polar surface area (TPSA) is 59.2 Å². The maximum absolute atomic E-state index is 12.5. The van der Waals surface area contributed by atoms with Gasteiger partial charge in [0.1, 0.15) is 5.82 Å². The number of hydrogen-bond acceptors (Lipinski definition) is 4. The van der Waals surface area contributed by atoms with Gasteiger partial charge in [0, 0.05) is 34.8 Å². The van der Waals surface area contributed by atoms with Crippen LogP contribution in [0.15, 0.2) is 12.1 Å². The Labute approximate surface area is 118 Å². The molecule has 1 aromatic rings. The van der Waals surface area contributed by atoms with Gasteiger partial charge in [0.05, 0.1) is 0 Å². The molecule has 2 unspecified atom stereocenters. The summed E-state index contributed by atoms with van der Waals surface area (Å²) in [5, 5.41) is 0.968.